The number of ether oxygens (including phenoxy) is 1. The summed E-state index contributed by atoms with van der Waals surface area (Å²) in [4.78, 5) is 40.1. The molecule has 2 fully saturated rings. The lowest BCUT2D eigenvalue weighted by molar-refractivity contribution is -0.129. The van der Waals surface area contributed by atoms with Crippen LogP contribution in [-0.2, 0) is 9.53 Å². The number of likely N-dealkylation sites (tertiary alicyclic amines) is 1. The van der Waals surface area contributed by atoms with Gasteiger partial charge in [0.2, 0.25) is 5.91 Å². The highest BCUT2D eigenvalue weighted by Gasteiger charge is 2.42. The molecule has 0 bridgehead atoms. The zero-order chi connectivity index (χ0) is 20.9. The molecule has 0 atom stereocenters. The Hall–Kier alpha value is -1.65. The third-order valence-corrected chi connectivity index (χ3v) is 7.26. The minimum atomic E-state index is -0.927. The first-order chi connectivity index (χ1) is 13.9. The number of halogens is 1. The summed E-state index contributed by atoms with van der Waals surface area (Å²) in [6, 6.07) is 1.80. The second kappa shape index (κ2) is 9.90. The van der Waals surface area contributed by atoms with Gasteiger partial charge < -0.3 is 25.6 Å². The highest BCUT2D eigenvalue weighted by molar-refractivity contribution is 9.10. The van der Waals surface area contributed by atoms with E-state index in [1.54, 1.807) is 11.8 Å². The molecule has 0 radical (unpaired) electrons. The van der Waals surface area contributed by atoms with Gasteiger partial charge in [-0.2, -0.15) is 0 Å². The lowest BCUT2D eigenvalue weighted by atomic mass is 9.86. The number of hydrogen-bond donors (Lipinski definition) is 3. The molecule has 10 heteroatoms. The Balaban J connectivity index is 1.62. The van der Waals surface area contributed by atoms with Crippen molar-refractivity contribution < 1.29 is 19.1 Å². The van der Waals surface area contributed by atoms with Crippen LogP contribution in [0.4, 0.5) is 4.79 Å². The van der Waals surface area contributed by atoms with Gasteiger partial charge in [-0.3, -0.25) is 9.59 Å². The van der Waals surface area contributed by atoms with E-state index in [-0.39, 0.29) is 23.9 Å². The van der Waals surface area contributed by atoms with Gasteiger partial charge in [-0.25, -0.2) is 4.79 Å². The Bertz CT molecular complexity index is 742. The first-order valence-corrected chi connectivity index (χ1v) is 11.6. The minimum Gasteiger partial charge on any atom is -0.450 e. The largest absolute Gasteiger partial charge is 0.450 e. The second-order valence-corrected chi connectivity index (χ2v) is 9.09. The highest BCUT2D eigenvalue weighted by atomic mass is 79.9. The molecule has 2 aliphatic heterocycles. The molecule has 1 aromatic rings. The molecule has 3 amide bonds. The number of carbonyl (C=O) groups is 3. The molecule has 2 aliphatic rings. The lowest BCUT2D eigenvalue weighted by Gasteiger charge is -2.39. The zero-order valence-corrected chi connectivity index (χ0v) is 18.9. The molecule has 29 heavy (non-hydrogen) atoms. The van der Waals surface area contributed by atoms with Crippen molar-refractivity contribution in [3.63, 3.8) is 0 Å². The van der Waals surface area contributed by atoms with Crippen LogP contribution >= 0.6 is 27.3 Å². The zero-order valence-electron chi connectivity index (χ0n) is 16.5. The fourth-order valence-corrected chi connectivity index (χ4v) is 5.18. The van der Waals surface area contributed by atoms with Gasteiger partial charge in [0.1, 0.15) is 10.4 Å². The molecule has 3 rings (SSSR count). The number of amides is 3. The van der Waals surface area contributed by atoms with Gasteiger partial charge in [-0.05, 0) is 73.1 Å². The van der Waals surface area contributed by atoms with Crippen molar-refractivity contribution in [1.29, 1.82) is 0 Å². The minimum absolute atomic E-state index is 0.0229. The standard InChI is InChI=1S/C19H27BrN4O4S/c1-2-28-18(27)24-10-3-13(4-11-24)22-17(26)19(6-8-21-9-7-19)23-16(25)15-14(20)5-12-29-15/h5,12-13,21H,2-4,6-11H2,1H3,(H,22,26)(H,23,25). The number of nitrogens with one attached hydrogen (secondary N) is 3. The van der Waals surface area contributed by atoms with Crippen molar-refractivity contribution >= 4 is 45.2 Å². The average Bonchev–Trinajstić information content (AvgIpc) is 3.15. The summed E-state index contributed by atoms with van der Waals surface area (Å²) in [5.41, 5.74) is -0.927. The van der Waals surface area contributed by atoms with Crippen molar-refractivity contribution in [1.82, 2.24) is 20.9 Å². The van der Waals surface area contributed by atoms with Crippen LogP contribution in [0.5, 0.6) is 0 Å². The van der Waals surface area contributed by atoms with E-state index >= 15 is 0 Å². The number of hydrogen-bond acceptors (Lipinski definition) is 6. The van der Waals surface area contributed by atoms with Crippen LogP contribution < -0.4 is 16.0 Å². The quantitative estimate of drug-likeness (QED) is 0.591. The smallest absolute Gasteiger partial charge is 0.409 e. The van der Waals surface area contributed by atoms with Gasteiger partial charge in [0.25, 0.3) is 5.91 Å². The molecule has 3 N–H and O–H groups in total. The molecule has 0 saturated carbocycles. The van der Waals surface area contributed by atoms with Gasteiger partial charge in [-0.1, -0.05) is 0 Å². The molecule has 1 aromatic heterocycles. The Morgan fingerprint density at radius 3 is 2.59 bits per heavy atom. The molecule has 160 valence electrons. The second-order valence-electron chi connectivity index (χ2n) is 7.32. The van der Waals surface area contributed by atoms with Crippen molar-refractivity contribution in [3.8, 4) is 0 Å². The van der Waals surface area contributed by atoms with E-state index in [2.05, 4.69) is 31.9 Å². The predicted octanol–water partition coefficient (Wildman–Crippen LogP) is 2.10. The molecule has 0 unspecified atom stereocenters. The van der Waals surface area contributed by atoms with Gasteiger partial charge in [0.05, 0.1) is 6.61 Å². The molecule has 0 aliphatic carbocycles. The SMILES string of the molecule is CCOC(=O)N1CCC(NC(=O)C2(NC(=O)c3sccc3Br)CCNCC2)CC1. The topological polar surface area (TPSA) is 99.8 Å². The van der Waals surface area contributed by atoms with E-state index in [0.717, 1.165) is 4.47 Å². The monoisotopic (exact) mass is 486 g/mol. The summed E-state index contributed by atoms with van der Waals surface area (Å²) in [7, 11) is 0. The normalized spacial score (nSPS) is 19.4. The van der Waals surface area contributed by atoms with Crippen molar-refractivity contribution in [2.75, 3.05) is 32.8 Å². The van der Waals surface area contributed by atoms with Crippen LogP contribution in [0.25, 0.3) is 0 Å². The van der Waals surface area contributed by atoms with Gasteiger partial charge in [0, 0.05) is 23.6 Å². The third-order valence-electron chi connectivity index (χ3n) is 5.42. The van der Waals surface area contributed by atoms with Gasteiger partial charge in [0.15, 0.2) is 0 Å². The van der Waals surface area contributed by atoms with E-state index in [4.69, 9.17) is 4.74 Å². The van der Waals surface area contributed by atoms with Gasteiger partial charge in [-0.15, -0.1) is 11.3 Å². The average molecular weight is 487 g/mol. The van der Waals surface area contributed by atoms with Crippen LogP contribution in [0.3, 0.4) is 0 Å². The number of carbonyl (C=O) groups excluding carboxylic acids is 3. The van der Waals surface area contributed by atoms with Crippen LogP contribution in [0.15, 0.2) is 15.9 Å². The van der Waals surface area contributed by atoms with E-state index < -0.39 is 5.54 Å². The molecular formula is C19H27BrN4O4S. The van der Waals surface area contributed by atoms with Crippen molar-refractivity contribution in [3.05, 3.63) is 20.8 Å². The maximum absolute atomic E-state index is 13.2. The third kappa shape index (κ3) is 5.29. The summed E-state index contributed by atoms with van der Waals surface area (Å²) >= 11 is 4.73. The van der Waals surface area contributed by atoms with E-state index in [1.807, 2.05) is 11.4 Å². The fraction of sp³-hybridized carbons (Fsp3) is 0.632. The Labute approximate surface area is 182 Å². The summed E-state index contributed by atoms with van der Waals surface area (Å²) < 4.78 is 5.77. The van der Waals surface area contributed by atoms with Crippen molar-refractivity contribution in [2.45, 2.75) is 44.2 Å². The summed E-state index contributed by atoms with van der Waals surface area (Å²) in [6.45, 7) is 4.57. The van der Waals surface area contributed by atoms with Crippen LogP contribution in [0.2, 0.25) is 0 Å². The Morgan fingerprint density at radius 2 is 2.00 bits per heavy atom. The fourth-order valence-electron chi connectivity index (χ4n) is 3.74. The summed E-state index contributed by atoms with van der Waals surface area (Å²) in [6.07, 6.45) is 2.11. The van der Waals surface area contributed by atoms with E-state index in [0.29, 0.717) is 63.3 Å². The number of nitrogens with zero attached hydrogens (tertiary/aromatic N) is 1. The molecule has 2 saturated heterocycles. The highest BCUT2D eigenvalue weighted by Crippen LogP contribution is 2.26. The first kappa shape index (κ1) is 22.0. The first-order valence-electron chi connectivity index (χ1n) is 9.94. The number of rotatable bonds is 5. The molecule has 0 aromatic carbocycles. The maximum Gasteiger partial charge on any atom is 0.409 e. The predicted molar refractivity (Wildman–Crippen MR) is 114 cm³/mol. The molecule has 3 heterocycles. The Morgan fingerprint density at radius 1 is 1.31 bits per heavy atom. The molecular weight excluding hydrogens is 460 g/mol. The number of thiophene rings is 1. The van der Waals surface area contributed by atoms with Gasteiger partial charge >= 0.3 is 6.09 Å². The molecule has 0 spiro atoms. The summed E-state index contributed by atoms with van der Waals surface area (Å²) in [5.74, 6) is -0.379. The van der Waals surface area contributed by atoms with Crippen LogP contribution in [0, 0.1) is 0 Å². The van der Waals surface area contributed by atoms with E-state index in [9.17, 15) is 14.4 Å². The maximum atomic E-state index is 13.2. The van der Waals surface area contributed by atoms with Crippen LogP contribution in [-0.4, -0.2) is 67.2 Å². The van der Waals surface area contributed by atoms with Crippen molar-refractivity contribution in [2.24, 2.45) is 0 Å². The lowest BCUT2D eigenvalue weighted by Crippen LogP contribution is -2.64. The van der Waals surface area contributed by atoms with E-state index in [1.165, 1.54) is 11.3 Å². The summed E-state index contributed by atoms with van der Waals surface area (Å²) in [5, 5.41) is 11.2. The molecule has 8 nitrogen and oxygen atoms in total. The Kier molecular flexibility index (Phi) is 7.53. The van der Waals surface area contributed by atoms with Crippen LogP contribution in [0.1, 0.15) is 42.3 Å². The number of piperidine rings is 2.